The third kappa shape index (κ3) is 4.14. The van der Waals surface area contributed by atoms with Crippen LogP contribution in [0.25, 0.3) is 11.0 Å². The summed E-state index contributed by atoms with van der Waals surface area (Å²) >= 11 is 0. The molecular formula is C18H23BFN3O3. The van der Waals surface area contributed by atoms with E-state index in [1.807, 2.05) is 0 Å². The van der Waals surface area contributed by atoms with Crippen LogP contribution in [0.3, 0.4) is 0 Å². The predicted molar refractivity (Wildman–Crippen MR) is 96.7 cm³/mol. The van der Waals surface area contributed by atoms with E-state index in [1.165, 1.54) is 13.3 Å². The molecule has 3 rings (SSSR count). The number of pyridine rings is 2. The summed E-state index contributed by atoms with van der Waals surface area (Å²) < 4.78 is 19.5. The second-order valence-electron chi connectivity index (χ2n) is 6.72. The Morgan fingerprint density at radius 3 is 2.73 bits per heavy atom. The number of piperidine rings is 1. The highest BCUT2D eigenvalue weighted by Crippen LogP contribution is 2.24. The number of likely N-dealkylation sites (tertiary alicyclic amines) is 1. The molecule has 8 heteroatoms. The van der Waals surface area contributed by atoms with E-state index in [1.54, 1.807) is 12.1 Å². The Morgan fingerprint density at radius 1 is 1.35 bits per heavy atom. The van der Waals surface area contributed by atoms with Gasteiger partial charge in [0.1, 0.15) is 13.7 Å². The summed E-state index contributed by atoms with van der Waals surface area (Å²) in [6.45, 7) is 2.23. The van der Waals surface area contributed by atoms with Gasteiger partial charge in [-0.2, -0.15) is 0 Å². The maximum atomic E-state index is 14.3. The van der Waals surface area contributed by atoms with Crippen LogP contribution in [0.4, 0.5) is 4.39 Å². The molecule has 2 N–H and O–H groups in total. The molecule has 2 unspecified atom stereocenters. The van der Waals surface area contributed by atoms with Gasteiger partial charge in [0.25, 0.3) is 0 Å². The van der Waals surface area contributed by atoms with Gasteiger partial charge in [0.05, 0.1) is 30.4 Å². The Balaban J connectivity index is 1.66. The van der Waals surface area contributed by atoms with Crippen LogP contribution in [0.15, 0.2) is 18.3 Å². The Morgan fingerprint density at radius 2 is 2.08 bits per heavy atom. The molecule has 138 valence electrons. The van der Waals surface area contributed by atoms with Crippen LogP contribution in [0.1, 0.15) is 18.4 Å². The Labute approximate surface area is 153 Å². The molecule has 6 nitrogen and oxygen atoms in total. The van der Waals surface area contributed by atoms with Crippen molar-refractivity contribution in [2.24, 2.45) is 5.92 Å². The molecule has 1 aliphatic heterocycles. The van der Waals surface area contributed by atoms with Gasteiger partial charge in [-0.25, -0.2) is 9.37 Å². The van der Waals surface area contributed by atoms with Gasteiger partial charge in [-0.15, -0.1) is 0 Å². The van der Waals surface area contributed by atoms with Crippen LogP contribution >= 0.6 is 0 Å². The Hall–Kier alpha value is -1.77. The topological polar surface area (TPSA) is 78.7 Å². The van der Waals surface area contributed by atoms with E-state index >= 15 is 0 Å². The monoisotopic (exact) mass is 359 g/mol. The summed E-state index contributed by atoms with van der Waals surface area (Å²) in [6, 6.07) is 2.28. The molecule has 1 saturated heterocycles. The SMILES string of the molecule is [B]C(O)C(O)C1CCN(CCc2c(F)cnc3ccc(OC)nc23)CC1. The van der Waals surface area contributed by atoms with Gasteiger partial charge < -0.3 is 19.8 Å². The van der Waals surface area contributed by atoms with Gasteiger partial charge in [-0.1, -0.05) is 0 Å². The van der Waals surface area contributed by atoms with Crippen molar-refractivity contribution in [2.75, 3.05) is 26.7 Å². The van der Waals surface area contributed by atoms with Crippen LogP contribution in [-0.4, -0.2) is 71.8 Å². The smallest absolute Gasteiger partial charge is 0.213 e. The van der Waals surface area contributed by atoms with Crippen molar-refractivity contribution >= 4 is 18.9 Å². The fourth-order valence-corrected chi connectivity index (χ4v) is 3.50. The zero-order chi connectivity index (χ0) is 18.7. The number of ether oxygens (including phenoxy) is 1. The van der Waals surface area contributed by atoms with E-state index in [4.69, 9.17) is 12.6 Å². The molecule has 2 aromatic heterocycles. The van der Waals surface area contributed by atoms with Crippen molar-refractivity contribution in [3.63, 3.8) is 0 Å². The Bertz CT molecular complexity index is 754. The van der Waals surface area contributed by atoms with Crippen LogP contribution in [0.2, 0.25) is 0 Å². The summed E-state index contributed by atoms with van der Waals surface area (Å²) in [5.74, 6) is 0.0618. The van der Waals surface area contributed by atoms with E-state index in [0.717, 1.165) is 25.9 Å². The lowest BCUT2D eigenvalue weighted by atomic mass is 9.81. The summed E-state index contributed by atoms with van der Waals surface area (Å²) in [4.78, 5) is 10.7. The molecule has 0 bridgehead atoms. The first-order chi connectivity index (χ1) is 12.5. The number of aromatic nitrogens is 2. The molecule has 0 spiro atoms. The maximum Gasteiger partial charge on any atom is 0.213 e. The number of rotatable bonds is 6. The van der Waals surface area contributed by atoms with E-state index in [0.29, 0.717) is 35.4 Å². The number of fused-ring (bicyclic) bond motifs is 1. The highest BCUT2D eigenvalue weighted by atomic mass is 19.1. The zero-order valence-electron chi connectivity index (χ0n) is 14.8. The minimum atomic E-state index is -1.20. The van der Waals surface area contributed by atoms with Crippen molar-refractivity contribution in [2.45, 2.75) is 31.4 Å². The third-order valence-corrected chi connectivity index (χ3v) is 5.09. The lowest BCUT2D eigenvalue weighted by Crippen LogP contribution is -2.42. The summed E-state index contributed by atoms with van der Waals surface area (Å²) in [7, 11) is 6.88. The lowest BCUT2D eigenvalue weighted by Gasteiger charge is -2.35. The van der Waals surface area contributed by atoms with Crippen LogP contribution in [-0.2, 0) is 6.42 Å². The van der Waals surface area contributed by atoms with Gasteiger partial charge in [0.2, 0.25) is 5.88 Å². The highest BCUT2D eigenvalue weighted by molar-refractivity contribution is 6.11. The molecule has 26 heavy (non-hydrogen) atoms. The van der Waals surface area contributed by atoms with E-state index in [-0.39, 0.29) is 11.7 Å². The molecule has 2 radical (unpaired) electrons. The number of methoxy groups -OCH3 is 1. The van der Waals surface area contributed by atoms with Crippen molar-refractivity contribution in [1.29, 1.82) is 0 Å². The fraction of sp³-hybridized carbons (Fsp3) is 0.556. The second-order valence-corrected chi connectivity index (χ2v) is 6.72. The predicted octanol–water partition coefficient (Wildman–Crippen LogP) is 0.880. The molecule has 1 fully saturated rings. The third-order valence-electron chi connectivity index (χ3n) is 5.09. The summed E-state index contributed by atoms with van der Waals surface area (Å²) in [6.07, 6.45) is 2.35. The molecule has 0 aromatic carbocycles. The molecule has 2 atom stereocenters. The van der Waals surface area contributed by atoms with Crippen molar-refractivity contribution < 1.29 is 19.3 Å². The van der Waals surface area contributed by atoms with Gasteiger partial charge in [0.15, 0.2) is 0 Å². The van der Waals surface area contributed by atoms with Gasteiger partial charge in [0, 0.05) is 24.2 Å². The van der Waals surface area contributed by atoms with Gasteiger partial charge in [-0.3, -0.25) is 4.98 Å². The van der Waals surface area contributed by atoms with Crippen molar-refractivity contribution in [3.05, 3.63) is 29.7 Å². The number of hydrogen-bond donors (Lipinski definition) is 2. The average Bonchev–Trinajstić information content (AvgIpc) is 2.66. The first-order valence-corrected chi connectivity index (χ1v) is 8.81. The Kier molecular flexibility index (Phi) is 6.06. The van der Waals surface area contributed by atoms with E-state index < -0.39 is 12.1 Å². The molecular weight excluding hydrogens is 336 g/mol. The molecule has 0 aliphatic carbocycles. The minimum absolute atomic E-state index is 0.00401. The largest absolute Gasteiger partial charge is 0.481 e. The molecule has 0 saturated carbocycles. The quantitative estimate of drug-likeness (QED) is 0.746. The van der Waals surface area contributed by atoms with Gasteiger partial charge >= 0.3 is 0 Å². The number of aliphatic hydroxyl groups excluding tert-OH is 2. The van der Waals surface area contributed by atoms with Crippen LogP contribution in [0.5, 0.6) is 5.88 Å². The number of nitrogens with zero attached hydrogens (tertiary/aromatic N) is 3. The first-order valence-electron chi connectivity index (χ1n) is 8.81. The molecule has 2 aromatic rings. The molecule has 3 heterocycles. The van der Waals surface area contributed by atoms with Crippen molar-refractivity contribution in [3.8, 4) is 5.88 Å². The normalized spacial score (nSPS) is 18.8. The number of aliphatic hydroxyl groups is 2. The standard InChI is InChI=1S/C18H23BFN3O3/c1-26-15-3-2-14-16(22-15)12(13(20)10-21-14)6-9-23-7-4-11(5-8-23)17(24)18(19)25/h2-3,10-11,17-18,24-25H,4-9H2,1H3. The number of halogens is 1. The maximum absolute atomic E-state index is 14.3. The molecule has 1 aliphatic rings. The lowest BCUT2D eigenvalue weighted by molar-refractivity contribution is 0.000334. The minimum Gasteiger partial charge on any atom is -0.481 e. The number of hydrogen-bond acceptors (Lipinski definition) is 6. The fourth-order valence-electron chi connectivity index (χ4n) is 3.50. The summed E-state index contributed by atoms with van der Waals surface area (Å²) in [5.41, 5.74) is 1.70. The zero-order valence-corrected chi connectivity index (χ0v) is 14.8. The van der Waals surface area contributed by atoms with E-state index in [2.05, 4.69) is 14.9 Å². The summed E-state index contributed by atoms with van der Waals surface area (Å²) in [5, 5.41) is 19.2. The second kappa shape index (κ2) is 8.29. The van der Waals surface area contributed by atoms with Crippen molar-refractivity contribution in [1.82, 2.24) is 14.9 Å². The van der Waals surface area contributed by atoms with Crippen LogP contribution < -0.4 is 4.74 Å². The van der Waals surface area contributed by atoms with Gasteiger partial charge in [-0.05, 0) is 44.3 Å². The first kappa shape index (κ1) is 19.0. The highest BCUT2D eigenvalue weighted by Gasteiger charge is 2.27. The average molecular weight is 359 g/mol. The molecule has 0 amide bonds. The van der Waals surface area contributed by atoms with E-state index in [9.17, 15) is 14.6 Å². The van der Waals surface area contributed by atoms with Crippen LogP contribution in [0, 0.1) is 11.7 Å².